The first-order chi connectivity index (χ1) is 16.9. The number of Topliss-reactive ketones (excluding diaryl/α,β-unsaturated/α-hetero) is 1. The van der Waals surface area contributed by atoms with E-state index in [-0.39, 0.29) is 11.3 Å². The van der Waals surface area contributed by atoms with Gasteiger partial charge in [-0.1, -0.05) is 23.5 Å². The molecule has 178 valence electrons. The molecule has 8 nitrogen and oxygen atoms in total. The maximum Gasteiger partial charge on any atom is 0.296 e. The predicted octanol–water partition coefficient (Wildman–Crippen LogP) is 5.39. The zero-order valence-corrected chi connectivity index (χ0v) is 20.1. The first kappa shape index (κ1) is 22.7. The second-order valence-corrected chi connectivity index (χ2v) is 8.92. The average Bonchev–Trinajstić information content (AvgIpc) is 3.55. The number of carbonyl (C=O) groups is 2. The van der Waals surface area contributed by atoms with Gasteiger partial charge in [0.2, 0.25) is 5.78 Å². The summed E-state index contributed by atoms with van der Waals surface area (Å²) in [5.74, 6) is -0.0929. The summed E-state index contributed by atoms with van der Waals surface area (Å²) in [5.41, 5.74) is 1.18. The van der Waals surface area contributed by atoms with Crippen molar-refractivity contribution in [3.05, 3.63) is 83.0 Å². The van der Waals surface area contributed by atoms with Crippen molar-refractivity contribution in [1.82, 2.24) is 4.98 Å². The summed E-state index contributed by atoms with van der Waals surface area (Å²) in [7, 11) is 1.53. The van der Waals surface area contributed by atoms with Gasteiger partial charge in [-0.2, -0.15) is 0 Å². The molecular formula is C26H22N2O6S. The van der Waals surface area contributed by atoms with Gasteiger partial charge in [-0.05, 0) is 61.9 Å². The molecule has 1 N–H and O–H groups in total. The molecule has 3 heterocycles. The van der Waals surface area contributed by atoms with Crippen LogP contribution in [0.1, 0.15) is 34.8 Å². The Morgan fingerprint density at radius 1 is 1.17 bits per heavy atom. The fraction of sp³-hybridized carbons (Fsp3) is 0.192. The van der Waals surface area contributed by atoms with Gasteiger partial charge >= 0.3 is 0 Å². The van der Waals surface area contributed by atoms with Crippen LogP contribution in [0.15, 0.2) is 70.3 Å². The Morgan fingerprint density at radius 3 is 2.71 bits per heavy atom. The van der Waals surface area contributed by atoms with Crippen molar-refractivity contribution in [3.8, 4) is 11.5 Å². The summed E-state index contributed by atoms with van der Waals surface area (Å²) in [4.78, 5) is 32.8. The lowest BCUT2D eigenvalue weighted by molar-refractivity contribution is -0.117. The third-order valence-corrected chi connectivity index (χ3v) is 6.71. The fourth-order valence-electron chi connectivity index (χ4n) is 4.10. The lowest BCUT2D eigenvalue weighted by Gasteiger charge is -2.24. The molecule has 0 saturated heterocycles. The number of aromatic nitrogens is 1. The Kier molecular flexibility index (Phi) is 5.78. The maximum atomic E-state index is 13.5. The van der Waals surface area contributed by atoms with Gasteiger partial charge in [0.25, 0.3) is 5.91 Å². The highest BCUT2D eigenvalue weighted by Gasteiger charge is 2.46. The standard InChI is InChI=1S/C26H22N2O6S/c1-4-33-17-9-10-18-20(13-17)35-26(27-18)28-22(15-6-5-7-16(12-15)32-3)21(24(30)25(28)31)23(29)19-11-8-14(2)34-19/h5-13,22,30H,4H2,1-3H3. The first-order valence-corrected chi connectivity index (χ1v) is 11.8. The number of ketones is 1. The topological polar surface area (TPSA) is 102 Å². The maximum absolute atomic E-state index is 13.5. The van der Waals surface area contributed by atoms with Gasteiger partial charge in [0.1, 0.15) is 17.3 Å². The highest BCUT2D eigenvalue weighted by atomic mass is 32.1. The van der Waals surface area contributed by atoms with Crippen LogP contribution in [0.5, 0.6) is 11.5 Å². The van der Waals surface area contributed by atoms with Gasteiger partial charge in [-0.15, -0.1) is 0 Å². The summed E-state index contributed by atoms with van der Waals surface area (Å²) in [5, 5.41) is 11.3. The molecule has 35 heavy (non-hydrogen) atoms. The second-order valence-electron chi connectivity index (χ2n) is 7.91. The van der Waals surface area contributed by atoms with Crippen molar-refractivity contribution >= 4 is 38.4 Å². The van der Waals surface area contributed by atoms with E-state index in [4.69, 9.17) is 13.9 Å². The lowest BCUT2D eigenvalue weighted by Crippen LogP contribution is -2.31. The van der Waals surface area contributed by atoms with Crippen molar-refractivity contribution in [2.75, 3.05) is 18.6 Å². The molecule has 0 spiro atoms. The summed E-state index contributed by atoms with van der Waals surface area (Å²) in [6, 6.07) is 14.8. The SMILES string of the molecule is CCOc1ccc2nc(N3C(=O)C(O)=C(C(=O)c4ccc(C)o4)C3c3cccc(OC)c3)sc2c1. The fourth-order valence-corrected chi connectivity index (χ4v) is 5.12. The number of methoxy groups -OCH3 is 1. The quantitative estimate of drug-likeness (QED) is 0.347. The third kappa shape index (κ3) is 3.93. The number of furan rings is 1. The molecule has 2 aromatic carbocycles. The largest absolute Gasteiger partial charge is 0.503 e. The molecule has 0 radical (unpaired) electrons. The van der Waals surface area contributed by atoms with Crippen LogP contribution in [-0.4, -0.2) is 35.5 Å². The van der Waals surface area contributed by atoms with Gasteiger partial charge in [-0.25, -0.2) is 4.98 Å². The Balaban J connectivity index is 1.65. The Labute approximate surface area is 205 Å². The highest BCUT2D eigenvalue weighted by molar-refractivity contribution is 7.22. The molecule has 4 aromatic rings. The number of aryl methyl sites for hydroxylation is 1. The molecule has 1 unspecified atom stereocenters. The molecule has 0 bridgehead atoms. The number of ether oxygens (including phenoxy) is 2. The summed E-state index contributed by atoms with van der Waals surface area (Å²) >= 11 is 1.27. The minimum atomic E-state index is -0.928. The predicted molar refractivity (Wildman–Crippen MR) is 131 cm³/mol. The molecule has 0 saturated carbocycles. The number of anilines is 1. The molecule has 9 heteroatoms. The van der Waals surface area contributed by atoms with Gasteiger partial charge in [0, 0.05) is 0 Å². The van der Waals surface area contributed by atoms with Crippen LogP contribution in [0, 0.1) is 6.92 Å². The van der Waals surface area contributed by atoms with Crippen LogP contribution in [0.25, 0.3) is 10.2 Å². The Bertz CT molecular complexity index is 1480. The number of benzene rings is 2. The number of nitrogens with zero attached hydrogens (tertiary/aromatic N) is 2. The van der Waals surface area contributed by atoms with Gasteiger partial charge in [0.15, 0.2) is 16.7 Å². The number of thiazole rings is 1. The summed E-state index contributed by atoms with van der Waals surface area (Å²) in [6.45, 7) is 4.14. The molecule has 1 aliphatic heterocycles. The van der Waals surface area contributed by atoms with E-state index in [9.17, 15) is 14.7 Å². The smallest absolute Gasteiger partial charge is 0.296 e. The Hall–Kier alpha value is -4.11. The number of hydrogen-bond acceptors (Lipinski definition) is 8. The summed E-state index contributed by atoms with van der Waals surface area (Å²) < 4.78 is 17.3. The number of hydrogen-bond donors (Lipinski definition) is 1. The average molecular weight is 491 g/mol. The van der Waals surface area contributed by atoms with E-state index < -0.39 is 23.5 Å². The van der Waals surface area contributed by atoms with E-state index >= 15 is 0 Å². The van der Waals surface area contributed by atoms with Crippen LogP contribution >= 0.6 is 11.3 Å². The van der Waals surface area contributed by atoms with Crippen molar-refractivity contribution in [2.45, 2.75) is 19.9 Å². The van der Waals surface area contributed by atoms with Gasteiger partial charge < -0.3 is 19.0 Å². The molecular weight excluding hydrogens is 468 g/mol. The number of aliphatic hydroxyl groups is 1. The van der Waals surface area contributed by atoms with E-state index in [1.165, 1.54) is 29.4 Å². The van der Waals surface area contributed by atoms with E-state index in [1.807, 2.05) is 25.1 Å². The third-order valence-electron chi connectivity index (χ3n) is 5.69. The number of rotatable bonds is 7. The van der Waals surface area contributed by atoms with E-state index in [0.29, 0.717) is 40.1 Å². The van der Waals surface area contributed by atoms with Crippen molar-refractivity contribution in [3.63, 3.8) is 0 Å². The van der Waals surface area contributed by atoms with Crippen molar-refractivity contribution < 1.29 is 28.6 Å². The second kappa shape index (κ2) is 8.92. The minimum absolute atomic E-state index is 0.0391. The van der Waals surface area contributed by atoms with Crippen LogP contribution in [-0.2, 0) is 4.79 Å². The molecule has 1 aliphatic rings. The van der Waals surface area contributed by atoms with Crippen LogP contribution in [0.2, 0.25) is 0 Å². The van der Waals surface area contributed by atoms with Crippen LogP contribution in [0.3, 0.4) is 0 Å². The minimum Gasteiger partial charge on any atom is -0.503 e. The number of aliphatic hydroxyl groups excluding tert-OH is 1. The molecule has 1 atom stereocenters. The lowest BCUT2D eigenvalue weighted by atomic mass is 9.95. The number of amides is 1. The van der Waals surface area contributed by atoms with E-state index in [2.05, 4.69) is 4.98 Å². The van der Waals surface area contributed by atoms with E-state index in [0.717, 1.165) is 4.70 Å². The molecule has 2 aromatic heterocycles. The monoisotopic (exact) mass is 490 g/mol. The zero-order chi connectivity index (χ0) is 24.7. The molecule has 0 fully saturated rings. The highest BCUT2D eigenvalue weighted by Crippen LogP contribution is 2.45. The number of fused-ring (bicyclic) bond motifs is 1. The normalized spacial score (nSPS) is 15.8. The van der Waals surface area contributed by atoms with Gasteiger partial charge in [-0.3, -0.25) is 14.5 Å². The van der Waals surface area contributed by atoms with Crippen molar-refractivity contribution in [2.24, 2.45) is 0 Å². The first-order valence-electron chi connectivity index (χ1n) is 11.0. The molecule has 5 rings (SSSR count). The summed E-state index contributed by atoms with van der Waals surface area (Å²) in [6.07, 6.45) is 0. The van der Waals surface area contributed by atoms with E-state index in [1.54, 1.807) is 37.3 Å². The molecule has 0 aliphatic carbocycles. The van der Waals surface area contributed by atoms with Gasteiger partial charge in [0.05, 0.1) is 35.5 Å². The zero-order valence-electron chi connectivity index (χ0n) is 19.3. The van der Waals surface area contributed by atoms with Crippen molar-refractivity contribution in [1.29, 1.82) is 0 Å². The number of carbonyl (C=O) groups excluding carboxylic acids is 2. The van der Waals surface area contributed by atoms with Crippen LogP contribution in [0.4, 0.5) is 5.13 Å². The Morgan fingerprint density at radius 2 is 2.00 bits per heavy atom. The van der Waals surface area contributed by atoms with Crippen LogP contribution < -0.4 is 14.4 Å². The molecule has 1 amide bonds.